The van der Waals surface area contributed by atoms with E-state index in [-0.39, 0.29) is 17.7 Å². The predicted octanol–water partition coefficient (Wildman–Crippen LogP) is 2.25. The molecule has 0 aromatic carbocycles. The summed E-state index contributed by atoms with van der Waals surface area (Å²) in [6.45, 7) is 0. The van der Waals surface area contributed by atoms with E-state index in [4.69, 9.17) is 11.6 Å². The number of halogens is 2. The third-order valence-corrected chi connectivity index (χ3v) is 4.29. The highest BCUT2D eigenvalue weighted by molar-refractivity contribution is 9.10. The minimum atomic E-state index is -0.486. The van der Waals surface area contributed by atoms with E-state index in [0.29, 0.717) is 29.8 Å². The van der Waals surface area contributed by atoms with Crippen LogP contribution in [0.2, 0.25) is 0 Å². The summed E-state index contributed by atoms with van der Waals surface area (Å²) in [7, 11) is 1.50. The lowest BCUT2D eigenvalue weighted by atomic mass is 10.0. The van der Waals surface area contributed by atoms with Crippen molar-refractivity contribution >= 4 is 50.5 Å². The molecule has 6 nitrogen and oxygen atoms in total. The molecule has 0 spiro atoms. The van der Waals surface area contributed by atoms with Gasteiger partial charge in [0.05, 0.1) is 5.88 Å². The van der Waals surface area contributed by atoms with Crippen molar-refractivity contribution in [1.29, 1.82) is 0 Å². The molecular weight excluding hydrogens is 360 g/mol. The van der Waals surface area contributed by atoms with Crippen molar-refractivity contribution < 1.29 is 9.59 Å². The summed E-state index contributed by atoms with van der Waals surface area (Å²) in [4.78, 5) is 33.9. The van der Waals surface area contributed by atoms with Gasteiger partial charge in [0, 0.05) is 24.1 Å². The Balaban J connectivity index is 2.15. The van der Waals surface area contributed by atoms with Gasteiger partial charge in [0.1, 0.15) is 17.4 Å². The third-order valence-electron chi connectivity index (χ3n) is 3.62. The molecule has 3 rings (SSSR count). The monoisotopic (exact) mass is 370 g/mol. The molecule has 1 saturated heterocycles. The zero-order chi connectivity index (χ0) is 15.1. The number of hydrogen-bond acceptors (Lipinski definition) is 4. The molecular formula is C13H12BrClN4O2. The van der Waals surface area contributed by atoms with E-state index in [0.717, 1.165) is 9.37 Å². The molecule has 2 aromatic rings. The molecule has 1 atom stereocenters. The number of likely N-dealkylation sites (N-methyl/N-ethyl adjacent to an activating group) is 1. The summed E-state index contributed by atoms with van der Waals surface area (Å²) < 4.78 is 2.56. The minimum Gasteiger partial charge on any atom is -0.299 e. The number of fused-ring (bicyclic) bond motifs is 1. The van der Waals surface area contributed by atoms with Crippen molar-refractivity contribution in [2.24, 2.45) is 0 Å². The molecule has 2 amide bonds. The average Bonchev–Trinajstić information content (AvgIpc) is 2.82. The number of aromatic nitrogens is 3. The van der Waals surface area contributed by atoms with Crippen molar-refractivity contribution in [3.05, 3.63) is 22.6 Å². The van der Waals surface area contributed by atoms with Gasteiger partial charge in [-0.05, 0) is 28.4 Å². The number of alkyl halides is 1. The van der Waals surface area contributed by atoms with Crippen molar-refractivity contribution in [3.8, 4) is 0 Å². The lowest BCUT2D eigenvalue weighted by Gasteiger charge is -2.29. The Morgan fingerprint density at radius 3 is 2.95 bits per heavy atom. The highest BCUT2D eigenvalue weighted by Crippen LogP contribution is 2.29. The molecule has 8 heteroatoms. The van der Waals surface area contributed by atoms with Crippen molar-refractivity contribution in [2.75, 3.05) is 7.05 Å². The summed E-state index contributed by atoms with van der Waals surface area (Å²) in [5.74, 6) is 0.346. The number of imidazole rings is 1. The second kappa shape index (κ2) is 5.38. The van der Waals surface area contributed by atoms with Crippen LogP contribution in [0, 0.1) is 0 Å². The van der Waals surface area contributed by atoms with Crippen LogP contribution in [0.25, 0.3) is 11.2 Å². The first-order valence-electron chi connectivity index (χ1n) is 6.41. The summed E-state index contributed by atoms with van der Waals surface area (Å²) in [5.41, 5.74) is 1.28. The van der Waals surface area contributed by atoms with Crippen LogP contribution in [-0.4, -0.2) is 38.3 Å². The number of piperidine rings is 1. The maximum Gasteiger partial charge on any atom is 0.252 e. The van der Waals surface area contributed by atoms with E-state index in [1.54, 1.807) is 10.8 Å². The lowest BCUT2D eigenvalue weighted by molar-refractivity contribution is -0.149. The molecule has 1 unspecified atom stereocenters. The molecule has 0 aliphatic carbocycles. The fraction of sp³-hybridized carbons (Fsp3) is 0.385. The average molecular weight is 372 g/mol. The molecule has 0 N–H and O–H groups in total. The maximum atomic E-state index is 12.4. The van der Waals surface area contributed by atoms with Gasteiger partial charge >= 0.3 is 0 Å². The molecule has 0 radical (unpaired) electrons. The number of nitrogens with zero attached hydrogens (tertiary/aromatic N) is 4. The van der Waals surface area contributed by atoms with Crippen LogP contribution >= 0.6 is 27.5 Å². The first-order chi connectivity index (χ1) is 10.0. The Morgan fingerprint density at radius 2 is 2.24 bits per heavy atom. The minimum absolute atomic E-state index is 0.163. The van der Waals surface area contributed by atoms with E-state index in [9.17, 15) is 9.59 Å². The van der Waals surface area contributed by atoms with Gasteiger partial charge in [-0.2, -0.15) is 0 Å². The molecule has 1 aliphatic rings. The zero-order valence-electron chi connectivity index (χ0n) is 11.2. The molecule has 1 aliphatic heterocycles. The Bertz CT molecular complexity index is 745. The summed E-state index contributed by atoms with van der Waals surface area (Å²) in [6.07, 6.45) is 2.42. The number of pyridine rings is 1. The van der Waals surface area contributed by atoms with Crippen LogP contribution in [0.1, 0.15) is 24.7 Å². The largest absolute Gasteiger partial charge is 0.299 e. The van der Waals surface area contributed by atoms with E-state index < -0.39 is 6.04 Å². The smallest absolute Gasteiger partial charge is 0.252 e. The van der Waals surface area contributed by atoms with Crippen LogP contribution in [0.4, 0.5) is 0 Å². The van der Waals surface area contributed by atoms with Crippen LogP contribution in [-0.2, 0) is 15.5 Å². The van der Waals surface area contributed by atoms with Gasteiger partial charge < -0.3 is 0 Å². The number of rotatable bonds is 2. The second-order valence-electron chi connectivity index (χ2n) is 4.87. The molecule has 110 valence electrons. The van der Waals surface area contributed by atoms with E-state index >= 15 is 0 Å². The fourth-order valence-corrected chi connectivity index (χ4v) is 3.07. The van der Waals surface area contributed by atoms with Gasteiger partial charge in [-0.3, -0.25) is 19.1 Å². The Hall–Kier alpha value is -1.47. The Morgan fingerprint density at radius 1 is 1.48 bits per heavy atom. The first-order valence-corrected chi connectivity index (χ1v) is 7.74. The van der Waals surface area contributed by atoms with Crippen LogP contribution in [0.15, 0.2) is 16.7 Å². The van der Waals surface area contributed by atoms with Gasteiger partial charge in [0.25, 0.3) is 5.91 Å². The second-order valence-corrected chi connectivity index (χ2v) is 6.06. The highest BCUT2D eigenvalue weighted by atomic mass is 79.9. The number of carbonyl (C=O) groups is 2. The van der Waals surface area contributed by atoms with Crippen molar-refractivity contribution in [1.82, 2.24) is 19.4 Å². The number of imide groups is 1. The number of amides is 2. The molecule has 3 heterocycles. The standard InChI is InChI=1S/C13H12BrClN4O2/c1-18-11(20)3-2-9(13(18)21)19-10(5-15)17-8-4-7(14)6-16-12(8)19/h4,6,9H,2-3,5H2,1H3. The quantitative estimate of drug-likeness (QED) is 0.600. The van der Waals surface area contributed by atoms with Gasteiger partial charge in [-0.25, -0.2) is 9.97 Å². The number of carbonyl (C=O) groups excluding carboxylic acids is 2. The van der Waals surface area contributed by atoms with E-state index in [2.05, 4.69) is 25.9 Å². The van der Waals surface area contributed by atoms with Crippen LogP contribution < -0.4 is 0 Å². The Labute approximate surface area is 134 Å². The normalized spacial score (nSPS) is 19.6. The number of likely N-dealkylation sites (tertiary alicyclic amines) is 1. The SMILES string of the molecule is CN1C(=O)CCC(n2c(CCl)nc3cc(Br)cnc32)C1=O. The van der Waals surface area contributed by atoms with E-state index in [1.165, 1.54) is 7.05 Å². The van der Waals surface area contributed by atoms with Crippen molar-refractivity contribution in [3.63, 3.8) is 0 Å². The summed E-state index contributed by atoms with van der Waals surface area (Å²) in [5, 5.41) is 0. The van der Waals surface area contributed by atoms with Crippen LogP contribution in [0.5, 0.6) is 0 Å². The summed E-state index contributed by atoms with van der Waals surface area (Å²) >= 11 is 9.31. The summed E-state index contributed by atoms with van der Waals surface area (Å²) in [6, 6.07) is 1.34. The van der Waals surface area contributed by atoms with Crippen molar-refractivity contribution in [2.45, 2.75) is 24.8 Å². The molecule has 1 fully saturated rings. The molecule has 2 aromatic heterocycles. The van der Waals surface area contributed by atoms with Gasteiger partial charge in [0.15, 0.2) is 5.65 Å². The fourth-order valence-electron chi connectivity index (χ4n) is 2.56. The molecule has 0 bridgehead atoms. The predicted molar refractivity (Wildman–Crippen MR) is 80.8 cm³/mol. The van der Waals surface area contributed by atoms with Gasteiger partial charge in [-0.1, -0.05) is 0 Å². The maximum absolute atomic E-state index is 12.4. The van der Waals surface area contributed by atoms with Gasteiger partial charge in [0.2, 0.25) is 5.91 Å². The topological polar surface area (TPSA) is 68.1 Å². The first kappa shape index (κ1) is 14.5. The van der Waals surface area contributed by atoms with Gasteiger partial charge in [-0.15, -0.1) is 11.6 Å². The third kappa shape index (κ3) is 2.34. The number of hydrogen-bond donors (Lipinski definition) is 0. The molecule has 0 saturated carbocycles. The molecule has 21 heavy (non-hydrogen) atoms. The Kier molecular flexibility index (Phi) is 3.71. The highest BCUT2D eigenvalue weighted by Gasteiger charge is 2.35. The lowest BCUT2D eigenvalue weighted by Crippen LogP contribution is -2.43. The van der Waals surface area contributed by atoms with E-state index in [1.807, 2.05) is 6.07 Å². The zero-order valence-corrected chi connectivity index (χ0v) is 13.6. The van der Waals surface area contributed by atoms with Crippen LogP contribution in [0.3, 0.4) is 0 Å².